The molecule has 0 aromatic carbocycles. The number of Topliss-reactive ketones (excluding diaryl/α,β-unsaturated/α-hetero) is 1. The van der Waals surface area contributed by atoms with Crippen LogP contribution in [0, 0.1) is 0 Å². The van der Waals surface area contributed by atoms with Crippen LogP contribution < -0.4 is 0 Å². The lowest BCUT2D eigenvalue weighted by atomic mass is 9.97. The molecule has 0 spiro atoms. The van der Waals surface area contributed by atoms with Crippen LogP contribution in [-0.2, 0) is 14.6 Å². The summed E-state index contributed by atoms with van der Waals surface area (Å²) in [7, 11) is 1.43. The van der Waals surface area contributed by atoms with E-state index in [2.05, 4.69) is 4.89 Å². The van der Waals surface area contributed by atoms with Gasteiger partial charge < -0.3 is 0 Å². The molecule has 1 unspecified atom stereocenters. The Bertz CT molecular complexity index is 120. The Morgan fingerprint density at radius 1 is 1.50 bits per heavy atom. The lowest BCUT2D eigenvalue weighted by molar-refractivity contribution is -0.299. The molecular weight excluding hydrogens is 132 g/mol. The van der Waals surface area contributed by atoms with Crippen molar-refractivity contribution in [1.29, 1.82) is 0 Å². The first kappa shape index (κ1) is 7.69. The molecule has 1 aliphatic carbocycles. The number of rotatable bonds is 2. The highest BCUT2D eigenvalue weighted by molar-refractivity contribution is 5.83. The number of hydrogen-bond acceptors (Lipinski definition) is 3. The second kappa shape index (κ2) is 3.68. The van der Waals surface area contributed by atoms with Crippen molar-refractivity contribution in [3.8, 4) is 0 Å². The second-order valence-corrected chi connectivity index (χ2v) is 2.46. The lowest BCUT2D eigenvalue weighted by Gasteiger charge is -2.17. The van der Waals surface area contributed by atoms with Crippen LogP contribution in [0.5, 0.6) is 0 Å². The maximum absolute atomic E-state index is 11.0. The highest BCUT2D eigenvalue weighted by atomic mass is 17.2. The van der Waals surface area contributed by atoms with Crippen molar-refractivity contribution in [3.63, 3.8) is 0 Å². The predicted molar refractivity (Wildman–Crippen MR) is 35.4 cm³/mol. The first-order chi connectivity index (χ1) is 4.84. The van der Waals surface area contributed by atoms with Crippen molar-refractivity contribution >= 4 is 5.78 Å². The third-order valence-corrected chi connectivity index (χ3v) is 1.71. The topological polar surface area (TPSA) is 35.5 Å². The maximum Gasteiger partial charge on any atom is 0.164 e. The fourth-order valence-electron chi connectivity index (χ4n) is 1.17. The van der Waals surface area contributed by atoms with Gasteiger partial charge in [0.15, 0.2) is 11.9 Å². The molecule has 3 heteroatoms. The summed E-state index contributed by atoms with van der Waals surface area (Å²) in [4.78, 5) is 20.2. The highest BCUT2D eigenvalue weighted by Gasteiger charge is 2.23. The summed E-state index contributed by atoms with van der Waals surface area (Å²) in [6.07, 6.45) is 3.24. The number of carbonyl (C=O) groups excluding carboxylic acids is 1. The molecule has 1 atom stereocenters. The average Bonchev–Trinajstić information content (AvgIpc) is 1.94. The molecule has 1 rings (SSSR count). The van der Waals surface area contributed by atoms with Crippen molar-refractivity contribution in [1.82, 2.24) is 0 Å². The second-order valence-electron chi connectivity index (χ2n) is 2.46. The molecule has 0 aromatic heterocycles. The zero-order valence-corrected chi connectivity index (χ0v) is 6.13. The molecule has 1 fully saturated rings. The van der Waals surface area contributed by atoms with E-state index in [0.717, 1.165) is 19.3 Å². The molecule has 3 nitrogen and oxygen atoms in total. The van der Waals surface area contributed by atoms with E-state index in [1.807, 2.05) is 0 Å². The van der Waals surface area contributed by atoms with Gasteiger partial charge in [0, 0.05) is 6.42 Å². The van der Waals surface area contributed by atoms with Crippen molar-refractivity contribution in [2.75, 3.05) is 7.11 Å². The van der Waals surface area contributed by atoms with Crippen molar-refractivity contribution < 1.29 is 14.6 Å². The van der Waals surface area contributed by atoms with Gasteiger partial charge in [-0.25, -0.2) is 9.78 Å². The summed E-state index contributed by atoms with van der Waals surface area (Å²) in [5.41, 5.74) is 0. The van der Waals surface area contributed by atoms with Crippen molar-refractivity contribution in [3.05, 3.63) is 0 Å². The molecule has 0 radical (unpaired) electrons. The summed E-state index contributed by atoms with van der Waals surface area (Å²) < 4.78 is 0. The van der Waals surface area contributed by atoms with E-state index in [0.29, 0.717) is 6.42 Å². The molecule has 0 bridgehead atoms. The van der Waals surface area contributed by atoms with Gasteiger partial charge in [-0.1, -0.05) is 0 Å². The Kier molecular flexibility index (Phi) is 2.83. The van der Waals surface area contributed by atoms with Crippen LogP contribution in [0.25, 0.3) is 0 Å². The van der Waals surface area contributed by atoms with E-state index < -0.39 is 0 Å². The maximum atomic E-state index is 11.0. The molecule has 0 aliphatic heterocycles. The molecule has 0 heterocycles. The zero-order chi connectivity index (χ0) is 7.40. The largest absolute Gasteiger partial charge is 0.297 e. The Balaban J connectivity index is 2.32. The van der Waals surface area contributed by atoms with E-state index in [-0.39, 0.29) is 11.9 Å². The van der Waals surface area contributed by atoms with Gasteiger partial charge >= 0.3 is 0 Å². The standard InChI is InChI=1S/C7H12O3/c1-9-10-7-5-3-2-4-6(7)8/h7H,2-5H2,1H3. The van der Waals surface area contributed by atoms with Gasteiger partial charge in [0.05, 0.1) is 7.11 Å². The van der Waals surface area contributed by atoms with Crippen LogP contribution in [0.3, 0.4) is 0 Å². The van der Waals surface area contributed by atoms with Crippen LogP contribution >= 0.6 is 0 Å². The molecule has 58 valence electrons. The predicted octanol–water partition coefficient (Wildman–Crippen LogP) is 1.08. The number of ketones is 1. The van der Waals surface area contributed by atoms with Gasteiger partial charge in [0.25, 0.3) is 0 Å². The monoisotopic (exact) mass is 144 g/mol. The van der Waals surface area contributed by atoms with Gasteiger partial charge in [-0.2, -0.15) is 0 Å². The Hall–Kier alpha value is -0.410. The van der Waals surface area contributed by atoms with Crippen LogP contribution in [0.15, 0.2) is 0 Å². The lowest BCUT2D eigenvalue weighted by Crippen LogP contribution is -2.27. The summed E-state index contributed by atoms with van der Waals surface area (Å²) in [5, 5.41) is 0. The molecule has 1 saturated carbocycles. The number of carbonyl (C=O) groups is 1. The first-order valence-electron chi connectivity index (χ1n) is 3.57. The smallest absolute Gasteiger partial charge is 0.164 e. The normalized spacial score (nSPS) is 26.9. The third-order valence-electron chi connectivity index (χ3n) is 1.71. The first-order valence-corrected chi connectivity index (χ1v) is 3.57. The molecular formula is C7H12O3. The molecule has 10 heavy (non-hydrogen) atoms. The minimum absolute atomic E-state index is 0.174. The summed E-state index contributed by atoms with van der Waals surface area (Å²) >= 11 is 0. The van der Waals surface area contributed by atoms with Crippen LogP contribution in [-0.4, -0.2) is 19.0 Å². The summed E-state index contributed by atoms with van der Waals surface area (Å²) in [5.74, 6) is 0.174. The van der Waals surface area contributed by atoms with E-state index >= 15 is 0 Å². The zero-order valence-electron chi connectivity index (χ0n) is 6.13. The van der Waals surface area contributed by atoms with Crippen molar-refractivity contribution in [2.45, 2.75) is 31.8 Å². The van der Waals surface area contributed by atoms with Crippen LogP contribution in [0.1, 0.15) is 25.7 Å². The molecule has 0 N–H and O–H groups in total. The Morgan fingerprint density at radius 3 is 2.90 bits per heavy atom. The third kappa shape index (κ3) is 1.78. The summed E-state index contributed by atoms with van der Waals surface area (Å²) in [6, 6.07) is 0. The minimum atomic E-state index is -0.293. The van der Waals surface area contributed by atoms with Crippen LogP contribution in [0.2, 0.25) is 0 Å². The van der Waals surface area contributed by atoms with Crippen LogP contribution in [0.4, 0.5) is 0 Å². The minimum Gasteiger partial charge on any atom is -0.297 e. The van der Waals surface area contributed by atoms with Gasteiger partial charge in [0.2, 0.25) is 0 Å². The highest BCUT2D eigenvalue weighted by Crippen LogP contribution is 2.16. The number of hydrogen-bond donors (Lipinski definition) is 0. The fraction of sp³-hybridized carbons (Fsp3) is 0.857. The molecule has 0 amide bonds. The van der Waals surface area contributed by atoms with Gasteiger partial charge in [-0.05, 0) is 19.3 Å². The fourth-order valence-corrected chi connectivity index (χ4v) is 1.17. The Labute approximate surface area is 60.2 Å². The van der Waals surface area contributed by atoms with Gasteiger partial charge in [-0.15, -0.1) is 0 Å². The Morgan fingerprint density at radius 2 is 2.30 bits per heavy atom. The average molecular weight is 144 g/mol. The summed E-state index contributed by atoms with van der Waals surface area (Å²) in [6.45, 7) is 0. The van der Waals surface area contributed by atoms with E-state index in [1.54, 1.807) is 0 Å². The van der Waals surface area contributed by atoms with E-state index in [9.17, 15) is 4.79 Å². The van der Waals surface area contributed by atoms with E-state index in [1.165, 1.54) is 7.11 Å². The molecule has 1 aliphatic rings. The van der Waals surface area contributed by atoms with Gasteiger partial charge in [-0.3, -0.25) is 4.79 Å². The van der Waals surface area contributed by atoms with E-state index in [4.69, 9.17) is 4.89 Å². The SMILES string of the molecule is COOC1CCCCC1=O. The quantitative estimate of drug-likeness (QED) is 0.429. The van der Waals surface area contributed by atoms with Gasteiger partial charge in [0.1, 0.15) is 0 Å². The molecule has 0 saturated heterocycles. The van der Waals surface area contributed by atoms with Crippen molar-refractivity contribution in [2.24, 2.45) is 0 Å². The molecule has 0 aromatic rings.